The quantitative estimate of drug-likeness (QED) is 0.881. The number of pyridine rings is 1. The Kier molecular flexibility index (Phi) is 4.09. The largest absolute Gasteiger partial charge is 0.486 e. The lowest BCUT2D eigenvalue weighted by Gasteiger charge is -2.18. The summed E-state index contributed by atoms with van der Waals surface area (Å²) in [6, 6.07) is 9.10. The molecule has 1 aliphatic rings. The fourth-order valence-corrected chi connectivity index (χ4v) is 2.20. The molecule has 1 aromatic carbocycles. The summed E-state index contributed by atoms with van der Waals surface area (Å²) in [4.78, 5) is 14.8. The zero-order valence-corrected chi connectivity index (χ0v) is 11.9. The lowest BCUT2D eigenvalue weighted by molar-refractivity contribution is 0.0696. The van der Waals surface area contributed by atoms with E-state index in [2.05, 4.69) is 10.3 Å². The first-order valence-electron chi connectivity index (χ1n) is 7.04. The molecule has 2 N–H and O–H groups in total. The monoisotopic (exact) mass is 300 g/mol. The molecule has 0 saturated heterocycles. The zero-order chi connectivity index (χ0) is 15.4. The van der Waals surface area contributed by atoms with Crippen molar-refractivity contribution in [1.82, 2.24) is 4.98 Å². The molecule has 6 nitrogen and oxygen atoms in total. The average Bonchev–Trinajstić information content (AvgIpc) is 2.55. The van der Waals surface area contributed by atoms with Crippen molar-refractivity contribution < 1.29 is 19.4 Å². The van der Waals surface area contributed by atoms with Crippen LogP contribution in [0.2, 0.25) is 0 Å². The molecule has 0 spiro atoms. The van der Waals surface area contributed by atoms with Gasteiger partial charge in [-0.25, -0.2) is 9.78 Å². The molecule has 3 rings (SSSR count). The van der Waals surface area contributed by atoms with Gasteiger partial charge in [0.05, 0.1) is 5.56 Å². The second-order valence-electron chi connectivity index (χ2n) is 4.89. The molecule has 1 aromatic heterocycles. The van der Waals surface area contributed by atoms with Crippen LogP contribution in [0.5, 0.6) is 11.5 Å². The van der Waals surface area contributed by atoms with E-state index in [1.807, 2.05) is 18.2 Å². The number of aromatic carboxylic acids is 1. The van der Waals surface area contributed by atoms with E-state index in [-0.39, 0.29) is 5.56 Å². The minimum absolute atomic E-state index is 0.178. The molecular formula is C16H16N2O4. The Morgan fingerprint density at radius 2 is 2.00 bits per heavy atom. The van der Waals surface area contributed by atoms with Gasteiger partial charge in [0.2, 0.25) is 0 Å². The molecule has 0 fully saturated rings. The highest BCUT2D eigenvalue weighted by atomic mass is 16.6. The standard InChI is InChI=1S/C16H16N2O4/c19-16(20)12-2-4-15(18-10-12)17-6-5-11-1-3-13-14(9-11)22-8-7-21-13/h1-4,9-10H,5-8H2,(H,17,18)(H,19,20). The topological polar surface area (TPSA) is 80.7 Å². The van der Waals surface area contributed by atoms with Gasteiger partial charge in [0, 0.05) is 12.7 Å². The van der Waals surface area contributed by atoms with Crippen molar-refractivity contribution in [1.29, 1.82) is 0 Å². The van der Waals surface area contributed by atoms with Gasteiger partial charge in [0.1, 0.15) is 19.0 Å². The van der Waals surface area contributed by atoms with E-state index >= 15 is 0 Å². The summed E-state index contributed by atoms with van der Waals surface area (Å²) < 4.78 is 11.0. The van der Waals surface area contributed by atoms with Crippen molar-refractivity contribution in [3.8, 4) is 11.5 Å². The number of nitrogens with zero attached hydrogens (tertiary/aromatic N) is 1. The normalized spacial score (nSPS) is 12.7. The van der Waals surface area contributed by atoms with Gasteiger partial charge in [0.15, 0.2) is 11.5 Å². The molecule has 0 saturated carbocycles. The molecule has 0 aliphatic carbocycles. The van der Waals surface area contributed by atoms with Gasteiger partial charge in [-0.2, -0.15) is 0 Å². The van der Waals surface area contributed by atoms with E-state index in [9.17, 15) is 4.79 Å². The Morgan fingerprint density at radius 3 is 2.73 bits per heavy atom. The smallest absolute Gasteiger partial charge is 0.337 e. The predicted octanol–water partition coefficient (Wildman–Crippen LogP) is 2.21. The number of hydrogen-bond donors (Lipinski definition) is 2. The predicted molar refractivity (Wildman–Crippen MR) is 80.8 cm³/mol. The van der Waals surface area contributed by atoms with Gasteiger partial charge in [-0.05, 0) is 36.2 Å². The van der Waals surface area contributed by atoms with E-state index in [4.69, 9.17) is 14.6 Å². The second kappa shape index (κ2) is 6.34. The molecule has 0 radical (unpaired) electrons. The minimum atomic E-state index is -0.977. The first-order valence-corrected chi connectivity index (χ1v) is 7.04. The summed E-state index contributed by atoms with van der Waals surface area (Å²) in [7, 11) is 0. The second-order valence-corrected chi connectivity index (χ2v) is 4.89. The average molecular weight is 300 g/mol. The maximum Gasteiger partial charge on any atom is 0.337 e. The number of ether oxygens (including phenoxy) is 2. The molecule has 0 bridgehead atoms. The number of aromatic nitrogens is 1. The summed E-state index contributed by atoms with van der Waals surface area (Å²) in [5, 5.41) is 12.0. The van der Waals surface area contributed by atoms with Crippen LogP contribution in [-0.2, 0) is 6.42 Å². The first-order chi connectivity index (χ1) is 10.7. The maximum absolute atomic E-state index is 10.7. The summed E-state index contributed by atoms with van der Waals surface area (Å²) in [6.45, 7) is 1.86. The summed E-state index contributed by atoms with van der Waals surface area (Å²) in [5.74, 6) is 1.25. The molecule has 0 amide bonds. The number of carboxylic acids is 1. The third kappa shape index (κ3) is 3.28. The van der Waals surface area contributed by atoms with Crippen molar-refractivity contribution in [2.45, 2.75) is 6.42 Å². The van der Waals surface area contributed by atoms with Crippen LogP contribution in [0, 0.1) is 0 Å². The van der Waals surface area contributed by atoms with E-state index in [1.165, 1.54) is 12.3 Å². The third-order valence-electron chi connectivity index (χ3n) is 3.34. The minimum Gasteiger partial charge on any atom is -0.486 e. The van der Waals surface area contributed by atoms with Crippen LogP contribution >= 0.6 is 0 Å². The Labute approximate surface area is 127 Å². The lowest BCUT2D eigenvalue weighted by atomic mass is 10.1. The maximum atomic E-state index is 10.7. The number of benzene rings is 1. The van der Waals surface area contributed by atoms with Gasteiger partial charge in [-0.3, -0.25) is 0 Å². The van der Waals surface area contributed by atoms with Crippen LogP contribution in [0.25, 0.3) is 0 Å². The van der Waals surface area contributed by atoms with Crippen LogP contribution < -0.4 is 14.8 Å². The molecule has 1 aliphatic heterocycles. The molecular weight excluding hydrogens is 284 g/mol. The first kappa shape index (κ1) is 14.2. The van der Waals surface area contributed by atoms with Crippen LogP contribution in [0.3, 0.4) is 0 Å². The summed E-state index contributed by atoms with van der Waals surface area (Å²) in [6.07, 6.45) is 2.15. The van der Waals surface area contributed by atoms with Gasteiger partial charge in [-0.15, -0.1) is 0 Å². The van der Waals surface area contributed by atoms with E-state index in [1.54, 1.807) is 6.07 Å². The van der Waals surface area contributed by atoms with Crippen molar-refractivity contribution in [2.75, 3.05) is 25.1 Å². The van der Waals surface area contributed by atoms with Crippen molar-refractivity contribution in [2.24, 2.45) is 0 Å². The number of carboxylic acid groups (broad SMARTS) is 1. The molecule has 6 heteroatoms. The molecule has 114 valence electrons. The fourth-order valence-electron chi connectivity index (χ4n) is 2.20. The SMILES string of the molecule is O=C(O)c1ccc(NCCc2ccc3c(c2)OCCO3)nc1. The summed E-state index contributed by atoms with van der Waals surface area (Å²) in [5.41, 5.74) is 1.32. The Bertz CT molecular complexity index is 670. The highest BCUT2D eigenvalue weighted by Gasteiger charge is 2.11. The highest BCUT2D eigenvalue weighted by Crippen LogP contribution is 2.30. The van der Waals surface area contributed by atoms with E-state index < -0.39 is 5.97 Å². The number of hydrogen-bond acceptors (Lipinski definition) is 5. The number of rotatable bonds is 5. The Morgan fingerprint density at radius 1 is 1.18 bits per heavy atom. The fraction of sp³-hybridized carbons (Fsp3) is 0.250. The van der Waals surface area contributed by atoms with Crippen LogP contribution in [0.1, 0.15) is 15.9 Å². The van der Waals surface area contributed by atoms with Crippen LogP contribution in [-0.4, -0.2) is 35.8 Å². The van der Waals surface area contributed by atoms with Gasteiger partial charge in [-0.1, -0.05) is 6.07 Å². The molecule has 2 heterocycles. The highest BCUT2D eigenvalue weighted by molar-refractivity contribution is 5.87. The number of anilines is 1. The van der Waals surface area contributed by atoms with Crippen molar-refractivity contribution in [3.05, 3.63) is 47.7 Å². The van der Waals surface area contributed by atoms with Gasteiger partial charge >= 0.3 is 5.97 Å². The lowest BCUT2D eigenvalue weighted by Crippen LogP contribution is -2.15. The molecule has 0 unspecified atom stereocenters. The van der Waals surface area contributed by atoms with Gasteiger partial charge in [0.25, 0.3) is 0 Å². The molecule has 22 heavy (non-hydrogen) atoms. The molecule has 2 aromatic rings. The van der Waals surface area contributed by atoms with E-state index in [0.29, 0.717) is 25.6 Å². The van der Waals surface area contributed by atoms with Crippen LogP contribution in [0.15, 0.2) is 36.5 Å². The number of fused-ring (bicyclic) bond motifs is 1. The van der Waals surface area contributed by atoms with E-state index in [0.717, 1.165) is 23.5 Å². The number of carbonyl (C=O) groups is 1. The zero-order valence-electron chi connectivity index (χ0n) is 11.9. The Hall–Kier alpha value is -2.76. The molecule has 0 atom stereocenters. The number of nitrogens with one attached hydrogen (secondary N) is 1. The Balaban J connectivity index is 1.55. The van der Waals surface area contributed by atoms with Gasteiger partial charge < -0.3 is 19.9 Å². The van der Waals surface area contributed by atoms with Crippen molar-refractivity contribution >= 4 is 11.8 Å². The summed E-state index contributed by atoms with van der Waals surface area (Å²) >= 11 is 0. The van der Waals surface area contributed by atoms with Crippen molar-refractivity contribution in [3.63, 3.8) is 0 Å². The van der Waals surface area contributed by atoms with Crippen LogP contribution in [0.4, 0.5) is 5.82 Å². The third-order valence-corrected chi connectivity index (χ3v) is 3.34.